The van der Waals surface area contributed by atoms with Gasteiger partial charge in [-0.2, -0.15) is 0 Å². The Bertz CT molecular complexity index is 1100. The fourth-order valence-corrected chi connectivity index (χ4v) is 4.49. The summed E-state index contributed by atoms with van der Waals surface area (Å²) in [6.45, 7) is 7.70. The normalized spacial score (nSPS) is 22.4. The van der Waals surface area contributed by atoms with E-state index < -0.39 is 12.1 Å². The van der Waals surface area contributed by atoms with E-state index in [0.717, 1.165) is 32.4 Å². The maximum atomic E-state index is 13.6. The Labute approximate surface area is 248 Å². The van der Waals surface area contributed by atoms with E-state index >= 15 is 0 Å². The maximum absolute atomic E-state index is 13.6. The first-order chi connectivity index (χ1) is 20.4. The molecule has 3 rings (SSSR count). The van der Waals surface area contributed by atoms with E-state index in [4.69, 9.17) is 34.3 Å². The summed E-state index contributed by atoms with van der Waals surface area (Å²) in [4.78, 5) is 33.6. The number of nitrogens with zero attached hydrogens (tertiary/aromatic N) is 2. The van der Waals surface area contributed by atoms with E-state index in [9.17, 15) is 9.59 Å². The predicted molar refractivity (Wildman–Crippen MR) is 159 cm³/mol. The van der Waals surface area contributed by atoms with Crippen LogP contribution in [0.1, 0.15) is 68.8 Å². The summed E-state index contributed by atoms with van der Waals surface area (Å²) in [6, 6.07) is 3.12. The average molecular weight is 588 g/mol. The molecule has 1 aromatic rings. The molecule has 0 bridgehead atoms. The van der Waals surface area contributed by atoms with Gasteiger partial charge in [0.1, 0.15) is 23.2 Å². The van der Waals surface area contributed by atoms with Crippen molar-refractivity contribution < 1.29 is 38.1 Å². The average Bonchev–Trinajstić information content (AvgIpc) is 2.97. The van der Waals surface area contributed by atoms with Gasteiger partial charge in [0.25, 0.3) is 5.91 Å². The maximum Gasteiger partial charge on any atom is 0.342 e. The zero-order valence-corrected chi connectivity index (χ0v) is 25.0. The van der Waals surface area contributed by atoms with Crippen molar-refractivity contribution in [3.05, 3.63) is 47.6 Å². The van der Waals surface area contributed by atoms with Crippen LogP contribution in [0.2, 0.25) is 0 Å². The first-order valence-corrected chi connectivity index (χ1v) is 14.8. The van der Waals surface area contributed by atoms with Crippen LogP contribution in [0.15, 0.2) is 41.6 Å². The Kier molecular flexibility index (Phi) is 14.3. The molecule has 0 radical (unpaired) electrons. The molecule has 232 valence electrons. The number of nitrogens with two attached hydrogens (primary N) is 1. The second-order valence-corrected chi connectivity index (χ2v) is 10.1. The lowest BCUT2D eigenvalue weighted by molar-refractivity contribution is -0.137. The monoisotopic (exact) mass is 587 g/mol. The zero-order valence-electron chi connectivity index (χ0n) is 25.0. The summed E-state index contributed by atoms with van der Waals surface area (Å²) in [5.74, 6) is 0.0240. The minimum atomic E-state index is -0.556. The second kappa shape index (κ2) is 18.2. The van der Waals surface area contributed by atoms with Crippen LogP contribution >= 0.6 is 0 Å². The number of benzene rings is 1. The predicted octanol–water partition coefficient (Wildman–Crippen LogP) is 4.14. The van der Waals surface area contributed by atoms with Crippen LogP contribution in [0, 0.1) is 0 Å². The third kappa shape index (κ3) is 11.1. The van der Waals surface area contributed by atoms with Crippen molar-refractivity contribution in [3.8, 4) is 11.5 Å². The van der Waals surface area contributed by atoms with Crippen molar-refractivity contribution in [2.45, 2.75) is 71.4 Å². The topological polar surface area (TPSA) is 131 Å². The molecule has 2 atom stereocenters. The largest absolute Gasteiger partial charge is 0.467 e. The quantitative estimate of drug-likeness (QED) is 0.133. The summed E-state index contributed by atoms with van der Waals surface area (Å²) < 4.78 is 28.2. The van der Waals surface area contributed by atoms with Crippen LogP contribution in [-0.2, 0) is 30.3 Å². The number of hydrogen-bond acceptors (Lipinski definition) is 10. The van der Waals surface area contributed by atoms with E-state index in [-0.39, 0.29) is 49.9 Å². The van der Waals surface area contributed by atoms with Crippen LogP contribution in [0.5, 0.6) is 11.5 Å². The Morgan fingerprint density at radius 3 is 2.52 bits per heavy atom. The number of likely N-dealkylation sites (tertiary alicyclic amines) is 1. The molecule has 1 fully saturated rings. The first kappa shape index (κ1) is 33.1. The molecule has 11 nitrogen and oxygen atoms in total. The molecule has 2 aliphatic rings. The van der Waals surface area contributed by atoms with Crippen molar-refractivity contribution in [2.75, 3.05) is 46.5 Å². The molecule has 11 heteroatoms. The van der Waals surface area contributed by atoms with E-state index in [1.807, 2.05) is 39.0 Å². The van der Waals surface area contributed by atoms with Gasteiger partial charge < -0.3 is 39.2 Å². The number of amides is 1. The zero-order chi connectivity index (χ0) is 30.2. The number of piperidine rings is 1. The number of allylic oxidation sites excluding steroid dienone is 1. The Morgan fingerprint density at radius 1 is 1.05 bits per heavy atom. The fraction of sp³-hybridized carbons (Fsp3) is 0.581. The Hall–Kier alpha value is -3.41. The van der Waals surface area contributed by atoms with E-state index in [0.29, 0.717) is 43.1 Å². The lowest BCUT2D eigenvalue weighted by Gasteiger charge is -2.26. The van der Waals surface area contributed by atoms with Crippen LogP contribution in [0.3, 0.4) is 0 Å². The van der Waals surface area contributed by atoms with Crippen molar-refractivity contribution >= 4 is 17.6 Å². The molecule has 0 aromatic heterocycles. The highest BCUT2D eigenvalue weighted by atomic mass is 16.7. The van der Waals surface area contributed by atoms with E-state index in [2.05, 4.69) is 5.16 Å². The third-order valence-electron chi connectivity index (χ3n) is 6.70. The van der Waals surface area contributed by atoms with Crippen molar-refractivity contribution in [2.24, 2.45) is 10.9 Å². The highest BCUT2D eigenvalue weighted by Gasteiger charge is 2.24. The molecule has 0 saturated carbocycles. The lowest BCUT2D eigenvalue weighted by Crippen LogP contribution is -2.37. The fourth-order valence-electron chi connectivity index (χ4n) is 4.49. The third-order valence-corrected chi connectivity index (χ3v) is 6.70. The van der Waals surface area contributed by atoms with Gasteiger partial charge in [-0.25, -0.2) is 4.79 Å². The van der Waals surface area contributed by atoms with Gasteiger partial charge in [0.05, 0.1) is 5.71 Å². The number of fused-ring (bicyclic) bond motifs is 1. The van der Waals surface area contributed by atoms with Gasteiger partial charge in [-0.05, 0) is 64.2 Å². The minimum absolute atomic E-state index is 0.0223. The number of cyclic esters (lactones) is 1. The summed E-state index contributed by atoms with van der Waals surface area (Å²) in [5, 5.41) is 4.30. The molecular formula is C31H45N3O8. The van der Waals surface area contributed by atoms with Crippen LogP contribution in [0.25, 0.3) is 0 Å². The van der Waals surface area contributed by atoms with Crippen molar-refractivity contribution in [1.29, 1.82) is 0 Å². The van der Waals surface area contributed by atoms with Crippen molar-refractivity contribution in [1.82, 2.24) is 4.90 Å². The van der Waals surface area contributed by atoms with E-state index in [1.54, 1.807) is 23.1 Å². The molecule has 42 heavy (non-hydrogen) atoms. The van der Waals surface area contributed by atoms with Crippen LogP contribution < -0.4 is 15.2 Å². The van der Waals surface area contributed by atoms with Gasteiger partial charge in [0.2, 0.25) is 0 Å². The molecule has 2 N–H and O–H groups in total. The molecular weight excluding hydrogens is 542 g/mol. The molecule has 0 aliphatic carbocycles. The summed E-state index contributed by atoms with van der Waals surface area (Å²) in [6.07, 6.45) is 11.4. The van der Waals surface area contributed by atoms with Gasteiger partial charge in [-0.15, -0.1) is 0 Å². The molecule has 1 aromatic carbocycles. The highest BCUT2D eigenvalue weighted by molar-refractivity contribution is 6.00. The van der Waals surface area contributed by atoms with Crippen LogP contribution in [0.4, 0.5) is 0 Å². The number of carbonyl (C=O) groups is 2. The molecule has 2 heterocycles. The molecule has 0 unspecified atom stereocenters. The molecule has 1 saturated heterocycles. The van der Waals surface area contributed by atoms with Gasteiger partial charge in [0.15, 0.2) is 20.2 Å². The summed E-state index contributed by atoms with van der Waals surface area (Å²) in [7, 11) is 0. The summed E-state index contributed by atoms with van der Waals surface area (Å²) in [5.41, 5.74) is 7.49. The molecule has 1 amide bonds. The second-order valence-electron chi connectivity index (χ2n) is 10.1. The number of hydrogen-bond donors (Lipinski definition) is 1. The summed E-state index contributed by atoms with van der Waals surface area (Å²) >= 11 is 0. The SMILES string of the molecule is CCOCOc1cc2c(c(OCOCC)c1)C(=O)O[C@H](C)C/C=C/[C@H](N)C/C=C/C(=N\OCC(=O)N1CCCCC1)C2. The Morgan fingerprint density at radius 2 is 1.79 bits per heavy atom. The van der Waals surface area contributed by atoms with Gasteiger partial charge >= 0.3 is 5.97 Å². The van der Waals surface area contributed by atoms with Gasteiger partial charge in [-0.3, -0.25) is 4.79 Å². The molecule has 0 spiro atoms. The highest BCUT2D eigenvalue weighted by Crippen LogP contribution is 2.32. The number of ether oxygens (including phenoxy) is 5. The number of carbonyl (C=O) groups excluding carboxylic acids is 2. The lowest BCUT2D eigenvalue weighted by atomic mass is 9.99. The molecule has 2 aliphatic heterocycles. The number of esters is 1. The van der Waals surface area contributed by atoms with Gasteiger partial charge in [-0.1, -0.05) is 23.4 Å². The first-order valence-electron chi connectivity index (χ1n) is 14.8. The minimum Gasteiger partial charge on any atom is -0.467 e. The number of rotatable bonds is 11. The smallest absolute Gasteiger partial charge is 0.342 e. The van der Waals surface area contributed by atoms with Crippen LogP contribution in [-0.4, -0.2) is 81.1 Å². The Balaban J connectivity index is 1.98. The number of oxime groups is 1. The van der Waals surface area contributed by atoms with E-state index in [1.165, 1.54) is 0 Å². The van der Waals surface area contributed by atoms with Gasteiger partial charge in [0, 0.05) is 51.3 Å². The van der Waals surface area contributed by atoms with Crippen molar-refractivity contribution in [3.63, 3.8) is 0 Å². The standard InChI is InChI=1S/C31H45N3O8/c1-4-37-21-39-27-18-24-17-26(33-41-20-29(35)34-15-7-6-8-16-34)14-10-13-25(32)12-9-11-23(3)42-31(36)30(24)28(19-27)40-22-38-5-2/h9-10,12,14,18-19,23,25H,4-8,11,13,15-17,20-22,32H2,1-3H3/b12-9+,14-10+,33-26+/t23-,25+/m1/s1.